The van der Waals surface area contributed by atoms with Crippen LogP contribution in [0, 0.1) is 17.7 Å². The fourth-order valence-corrected chi connectivity index (χ4v) is 4.82. The van der Waals surface area contributed by atoms with Gasteiger partial charge in [-0.2, -0.15) is 0 Å². The molecule has 3 rings (SSSR count). The first-order chi connectivity index (χ1) is 16.3. The monoisotopic (exact) mass is 488 g/mol. The molecule has 9 heteroatoms. The van der Waals surface area contributed by atoms with Crippen LogP contribution in [0.4, 0.5) is 9.52 Å². The summed E-state index contributed by atoms with van der Waals surface area (Å²) in [5.74, 6) is -0.473. The summed E-state index contributed by atoms with van der Waals surface area (Å²) in [6.07, 6.45) is 5.18. The molecule has 1 heterocycles. The van der Waals surface area contributed by atoms with E-state index in [4.69, 9.17) is 0 Å². The maximum atomic E-state index is 13.0. The van der Waals surface area contributed by atoms with Crippen LogP contribution in [-0.2, 0) is 27.3 Å². The highest BCUT2D eigenvalue weighted by molar-refractivity contribution is 7.13. The van der Waals surface area contributed by atoms with E-state index in [1.165, 1.54) is 29.9 Å². The molecule has 2 aromatic rings. The Morgan fingerprint density at radius 2 is 1.82 bits per heavy atom. The van der Waals surface area contributed by atoms with E-state index < -0.39 is 0 Å². The summed E-state index contributed by atoms with van der Waals surface area (Å²) in [6.45, 7) is 4.91. The van der Waals surface area contributed by atoms with Crippen molar-refractivity contribution in [3.8, 4) is 0 Å². The van der Waals surface area contributed by atoms with Crippen molar-refractivity contribution in [1.29, 1.82) is 0 Å². The number of aromatic nitrogens is 1. The molecule has 0 radical (unpaired) electrons. The SMILES string of the molecule is CC(C)CN(CC(=O)Nc1nc(CC(=O)NCc2ccc(F)cc2)cs1)C(=O)C1CCCCC1. The number of hydrogen-bond donors (Lipinski definition) is 2. The highest BCUT2D eigenvalue weighted by atomic mass is 32.1. The van der Waals surface area contributed by atoms with Gasteiger partial charge in [-0.05, 0) is 36.5 Å². The summed E-state index contributed by atoms with van der Waals surface area (Å²) < 4.78 is 13.0. The third-order valence-corrected chi connectivity index (χ3v) is 6.54. The van der Waals surface area contributed by atoms with Crippen molar-refractivity contribution in [2.45, 2.75) is 58.9 Å². The van der Waals surface area contributed by atoms with E-state index in [1.54, 1.807) is 22.4 Å². The second-order valence-corrected chi connectivity index (χ2v) is 10.1. The summed E-state index contributed by atoms with van der Waals surface area (Å²) in [7, 11) is 0. The number of anilines is 1. The van der Waals surface area contributed by atoms with Crippen LogP contribution in [0.1, 0.15) is 57.2 Å². The topological polar surface area (TPSA) is 91.4 Å². The molecule has 1 aliphatic carbocycles. The summed E-state index contributed by atoms with van der Waals surface area (Å²) in [4.78, 5) is 43.9. The fourth-order valence-electron chi connectivity index (χ4n) is 4.09. The van der Waals surface area contributed by atoms with Gasteiger partial charge in [0, 0.05) is 24.4 Å². The Bertz CT molecular complexity index is 971. The van der Waals surface area contributed by atoms with Crippen LogP contribution in [-0.4, -0.2) is 40.7 Å². The fraction of sp³-hybridized carbons (Fsp3) is 0.520. The maximum absolute atomic E-state index is 13.0. The van der Waals surface area contributed by atoms with Gasteiger partial charge in [0.15, 0.2) is 5.13 Å². The molecule has 0 aliphatic heterocycles. The van der Waals surface area contributed by atoms with Crippen LogP contribution in [0.2, 0.25) is 0 Å². The number of hydrogen-bond acceptors (Lipinski definition) is 5. The second-order valence-electron chi connectivity index (χ2n) is 9.22. The van der Waals surface area contributed by atoms with Gasteiger partial charge in [0.2, 0.25) is 17.7 Å². The lowest BCUT2D eigenvalue weighted by atomic mass is 9.88. The number of rotatable bonds is 10. The van der Waals surface area contributed by atoms with E-state index in [9.17, 15) is 18.8 Å². The van der Waals surface area contributed by atoms with Gasteiger partial charge < -0.3 is 15.5 Å². The molecule has 1 saturated carbocycles. The van der Waals surface area contributed by atoms with Crippen LogP contribution >= 0.6 is 11.3 Å². The standard InChI is InChI=1S/C25H33FN4O3S/c1-17(2)14-30(24(33)19-6-4-3-5-7-19)15-23(32)29-25-28-21(16-34-25)12-22(31)27-13-18-8-10-20(26)11-9-18/h8-11,16-17,19H,3-7,12-15H2,1-2H3,(H,27,31)(H,28,29,32). The van der Waals surface area contributed by atoms with E-state index in [2.05, 4.69) is 15.6 Å². The molecule has 2 N–H and O–H groups in total. The summed E-state index contributed by atoms with van der Waals surface area (Å²) in [6, 6.07) is 5.94. The molecule has 1 aromatic heterocycles. The Morgan fingerprint density at radius 1 is 1.12 bits per heavy atom. The molecule has 0 saturated heterocycles. The molecule has 34 heavy (non-hydrogen) atoms. The van der Waals surface area contributed by atoms with Crippen molar-refractivity contribution in [1.82, 2.24) is 15.2 Å². The predicted octanol–water partition coefficient (Wildman–Crippen LogP) is 4.14. The smallest absolute Gasteiger partial charge is 0.245 e. The lowest BCUT2D eigenvalue weighted by molar-refractivity contribution is -0.139. The zero-order chi connectivity index (χ0) is 24.5. The van der Waals surface area contributed by atoms with Crippen LogP contribution < -0.4 is 10.6 Å². The average Bonchev–Trinajstić information content (AvgIpc) is 3.24. The lowest BCUT2D eigenvalue weighted by Crippen LogP contribution is -2.43. The number of halogens is 1. The number of nitrogens with one attached hydrogen (secondary N) is 2. The Balaban J connectivity index is 1.49. The minimum Gasteiger partial charge on any atom is -0.352 e. The van der Waals surface area contributed by atoms with E-state index >= 15 is 0 Å². The Kier molecular flexibility index (Phi) is 9.56. The average molecular weight is 489 g/mol. The zero-order valence-electron chi connectivity index (χ0n) is 19.8. The van der Waals surface area contributed by atoms with Gasteiger partial charge in [-0.25, -0.2) is 9.37 Å². The number of benzene rings is 1. The summed E-state index contributed by atoms with van der Waals surface area (Å²) in [5.41, 5.74) is 1.35. The van der Waals surface area contributed by atoms with E-state index in [1.807, 2.05) is 13.8 Å². The Morgan fingerprint density at radius 3 is 2.50 bits per heavy atom. The van der Waals surface area contributed by atoms with Crippen molar-refractivity contribution < 1.29 is 18.8 Å². The molecular formula is C25H33FN4O3S. The van der Waals surface area contributed by atoms with Gasteiger partial charge in [-0.15, -0.1) is 11.3 Å². The minimum absolute atomic E-state index is 0.000578. The quantitative estimate of drug-likeness (QED) is 0.526. The molecule has 184 valence electrons. The predicted molar refractivity (Wildman–Crippen MR) is 131 cm³/mol. The molecule has 0 spiro atoms. The van der Waals surface area contributed by atoms with Gasteiger partial charge in [0.05, 0.1) is 18.7 Å². The number of thiazole rings is 1. The number of amides is 3. The second kappa shape index (κ2) is 12.6. The van der Waals surface area contributed by atoms with Crippen molar-refractivity contribution in [3.05, 3.63) is 46.7 Å². The largest absolute Gasteiger partial charge is 0.352 e. The third-order valence-electron chi connectivity index (χ3n) is 5.73. The number of nitrogens with zero attached hydrogens (tertiary/aromatic N) is 2. The van der Waals surface area contributed by atoms with Gasteiger partial charge in [0.25, 0.3) is 0 Å². The molecule has 0 atom stereocenters. The zero-order valence-corrected chi connectivity index (χ0v) is 20.6. The van der Waals surface area contributed by atoms with Gasteiger partial charge in [-0.3, -0.25) is 14.4 Å². The minimum atomic E-state index is -0.321. The van der Waals surface area contributed by atoms with Crippen LogP contribution in [0.15, 0.2) is 29.6 Å². The van der Waals surface area contributed by atoms with Crippen molar-refractivity contribution in [3.63, 3.8) is 0 Å². The van der Waals surface area contributed by atoms with E-state index in [0.717, 1.165) is 31.2 Å². The number of carbonyl (C=O) groups is 3. The summed E-state index contributed by atoms with van der Waals surface area (Å²) in [5, 5.41) is 7.68. The van der Waals surface area contributed by atoms with Crippen LogP contribution in [0.5, 0.6) is 0 Å². The van der Waals surface area contributed by atoms with E-state index in [0.29, 0.717) is 23.9 Å². The number of carbonyl (C=O) groups excluding carboxylic acids is 3. The first-order valence-corrected chi connectivity index (χ1v) is 12.7. The molecule has 0 unspecified atom stereocenters. The maximum Gasteiger partial charge on any atom is 0.245 e. The van der Waals surface area contributed by atoms with Crippen LogP contribution in [0.3, 0.4) is 0 Å². The van der Waals surface area contributed by atoms with Crippen LogP contribution in [0.25, 0.3) is 0 Å². The van der Waals surface area contributed by atoms with E-state index in [-0.39, 0.29) is 48.3 Å². The van der Waals surface area contributed by atoms with Gasteiger partial charge >= 0.3 is 0 Å². The van der Waals surface area contributed by atoms with Crippen molar-refractivity contribution >= 4 is 34.2 Å². The Labute approximate surface area is 204 Å². The van der Waals surface area contributed by atoms with Gasteiger partial charge in [-0.1, -0.05) is 45.2 Å². The normalized spacial score (nSPS) is 14.1. The molecule has 1 aliphatic rings. The van der Waals surface area contributed by atoms with Crippen molar-refractivity contribution in [2.24, 2.45) is 11.8 Å². The third kappa shape index (κ3) is 8.20. The molecular weight excluding hydrogens is 455 g/mol. The first-order valence-electron chi connectivity index (χ1n) is 11.8. The molecule has 3 amide bonds. The first kappa shape index (κ1) is 25.8. The highest BCUT2D eigenvalue weighted by Gasteiger charge is 2.27. The lowest BCUT2D eigenvalue weighted by Gasteiger charge is -2.30. The highest BCUT2D eigenvalue weighted by Crippen LogP contribution is 2.26. The molecule has 0 bridgehead atoms. The molecule has 1 fully saturated rings. The van der Waals surface area contributed by atoms with Gasteiger partial charge in [0.1, 0.15) is 5.82 Å². The van der Waals surface area contributed by atoms with Crippen molar-refractivity contribution in [2.75, 3.05) is 18.4 Å². The molecule has 7 nitrogen and oxygen atoms in total. The summed E-state index contributed by atoms with van der Waals surface area (Å²) >= 11 is 1.25. The molecule has 1 aromatic carbocycles. The Hall–Kier alpha value is -2.81.